The van der Waals surface area contributed by atoms with Crippen molar-refractivity contribution in [2.75, 3.05) is 32.7 Å². The van der Waals surface area contributed by atoms with Gasteiger partial charge in [0.1, 0.15) is 5.75 Å². The van der Waals surface area contributed by atoms with E-state index in [0.29, 0.717) is 13.2 Å². The van der Waals surface area contributed by atoms with Crippen LogP contribution < -0.4 is 15.4 Å². The van der Waals surface area contributed by atoms with Crippen LogP contribution in [0.25, 0.3) is 10.9 Å². The molecule has 0 fully saturated rings. The van der Waals surface area contributed by atoms with E-state index in [1.165, 1.54) is 0 Å². The largest absolute Gasteiger partial charge is 0.497 e. The number of aromatic nitrogens is 1. The summed E-state index contributed by atoms with van der Waals surface area (Å²) in [6.45, 7) is 1.89. The molecule has 0 radical (unpaired) electrons. The van der Waals surface area contributed by atoms with E-state index in [0.717, 1.165) is 40.9 Å². The molecule has 0 unspecified atom stereocenters. The molecule has 142 valence electrons. The third-order valence-electron chi connectivity index (χ3n) is 4.41. The molecule has 0 aliphatic heterocycles. The molecular weight excluding hydrogens is 342 g/mol. The predicted molar refractivity (Wildman–Crippen MR) is 108 cm³/mol. The van der Waals surface area contributed by atoms with Gasteiger partial charge in [-0.05, 0) is 30.2 Å². The van der Waals surface area contributed by atoms with Gasteiger partial charge in [-0.2, -0.15) is 0 Å². The van der Waals surface area contributed by atoms with Gasteiger partial charge in [-0.3, -0.25) is 0 Å². The van der Waals surface area contributed by atoms with E-state index in [1.807, 2.05) is 54.7 Å². The number of methoxy groups -OCH3 is 2. The predicted octanol–water partition coefficient (Wildman–Crippen LogP) is 3.66. The molecule has 6 nitrogen and oxygen atoms in total. The van der Waals surface area contributed by atoms with Crippen LogP contribution in [0.15, 0.2) is 54.7 Å². The molecule has 1 aromatic heterocycles. The highest BCUT2D eigenvalue weighted by molar-refractivity contribution is 6.01. The van der Waals surface area contributed by atoms with Crippen molar-refractivity contribution in [1.82, 2.24) is 9.88 Å². The Kier molecular flexibility index (Phi) is 6.33. The van der Waals surface area contributed by atoms with Gasteiger partial charge >= 0.3 is 6.03 Å². The van der Waals surface area contributed by atoms with Crippen LogP contribution >= 0.6 is 0 Å². The number of benzene rings is 2. The summed E-state index contributed by atoms with van der Waals surface area (Å²) < 4.78 is 12.5. The summed E-state index contributed by atoms with van der Waals surface area (Å²) in [6, 6.07) is 15.6. The summed E-state index contributed by atoms with van der Waals surface area (Å²) in [5, 5.41) is 6.87. The number of hydrogen-bond donors (Lipinski definition) is 2. The smallest absolute Gasteiger partial charge is 0.319 e. The second kappa shape index (κ2) is 9.09. The summed E-state index contributed by atoms with van der Waals surface area (Å²) in [5.41, 5.74) is 2.98. The quantitative estimate of drug-likeness (QED) is 0.639. The number of nitrogens with zero attached hydrogens (tertiary/aromatic N) is 1. The van der Waals surface area contributed by atoms with E-state index in [-0.39, 0.29) is 6.03 Å². The number of nitrogens with one attached hydrogen (secondary N) is 2. The Labute approximate surface area is 159 Å². The van der Waals surface area contributed by atoms with Gasteiger partial charge in [0.15, 0.2) is 0 Å². The number of ether oxygens (including phenoxy) is 2. The minimum absolute atomic E-state index is 0.215. The minimum Gasteiger partial charge on any atom is -0.497 e. The van der Waals surface area contributed by atoms with Gasteiger partial charge < -0.3 is 24.7 Å². The molecule has 27 heavy (non-hydrogen) atoms. The zero-order valence-electron chi connectivity index (χ0n) is 15.7. The van der Waals surface area contributed by atoms with E-state index < -0.39 is 0 Å². The van der Waals surface area contributed by atoms with Gasteiger partial charge in [-0.15, -0.1) is 0 Å². The molecule has 0 bridgehead atoms. The number of para-hydroxylation sites is 1. The van der Waals surface area contributed by atoms with Gasteiger partial charge in [-0.1, -0.05) is 30.3 Å². The average Bonchev–Trinajstić information content (AvgIpc) is 3.04. The summed E-state index contributed by atoms with van der Waals surface area (Å²) in [4.78, 5) is 12.3. The van der Waals surface area contributed by atoms with E-state index in [4.69, 9.17) is 9.47 Å². The first-order valence-corrected chi connectivity index (χ1v) is 8.96. The molecule has 2 N–H and O–H groups in total. The standard InChI is InChI=1S/C21H25N3O3/c1-26-13-12-24-15-19(18-8-3-4-9-20(18)24)23-21(25)22-11-10-16-6-5-7-17(14-16)27-2/h3-9,14-15H,10-13H2,1-2H3,(H2,22,23,25). The minimum atomic E-state index is -0.215. The van der Waals surface area contributed by atoms with Crippen LogP contribution in [0, 0.1) is 0 Å². The zero-order chi connectivity index (χ0) is 19.1. The van der Waals surface area contributed by atoms with E-state index in [9.17, 15) is 4.79 Å². The molecule has 2 amide bonds. The third-order valence-corrected chi connectivity index (χ3v) is 4.41. The van der Waals surface area contributed by atoms with Gasteiger partial charge in [-0.25, -0.2) is 4.79 Å². The molecule has 0 aliphatic carbocycles. The Morgan fingerprint density at radius 1 is 1.11 bits per heavy atom. The number of anilines is 1. The Morgan fingerprint density at radius 3 is 2.78 bits per heavy atom. The molecule has 0 saturated heterocycles. The Hall–Kier alpha value is -2.99. The molecule has 2 aromatic carbocycles. The first kappa shape index (κ1) is 18.8. The number of fused-ring (bicyclic) bond motifs is 1. The number of carbonyl (C=O) groups excluding carboxylic acids is 1. The van der Waals surface area contributed by atoms with E-state index in [1.54, 1.807) is 14.2 Å². The maximum Gasteiger partial charge on any atom is 0.319 e. The molecule has 0 saturated carbocycles. The van der Waals surface area contributed by atoms with Crippen LogP contribution in [0.1, 0.15) is 5.56 Å². The zero-order valence-corrected chi connectivity index (χ0v) is 15.7. The molecule has 0 atom stereocenters. The Morgan fingerprint density at radius 2 is 1.96 bits per heavy atom. The monoisotopic (exact) mass is 367 g/mol. The summed E-state index contributed by atoms with van der Waals surface area (Å²) in [5.74, 6) is 0.820. The van der Waals surface area contributed by atoms with Crippen molar-refractivity contribution in [1.29, 1.82) is 0 Å². The lowest BCUT2D eigenvalue weighted by Gasteiger charge is -2.08. The van der Waals surface area contributed by atoms with Gasteiger partial charge in [0.05, 0.1) is 24.9 Å². The lowest BCUT2D eigenvalue weighted by molar-refractivity contribution is 0.188. The van der Waals surface area contributed by atoms with Crippen molar-refractivity contribution in [3.63, 3.8) is 0 Å². The topological polar surface area (TPSA) is 64.5 Å². The van der Waals surface area contributed by atoms with Crippen LogP contribution in [-0.4, -0.2) is 38.0 Å². The fourth-order valence-corrected chi connectivity index (χ4v) is 3.04. The van der Waals surface area contributed by atoms with Gasteiger partial charge in [0.2, 0.25) is 0 Å². The van der Waals surface area contributed by atoms with Crippen molar-refractivity contribution < 1.29 is 14.3 Å². The maximum absolute atomic E-state index is 12.3. The highest BCUT2D eigenvalue weighted by Gasteiger charge is 2.10. The summed E-state index contributed by atoms with van der Waals surface area (Å²) in [7, 11) is 3.33. The normalized spacial score (nSPS) is 10.7. The van der Waals surface area contributed by atoms with Crippen molar-refractivity contribution in [3.05, 3.63) is 60.3 Å². The second-order valence-corrected chi connectivity index (χ2v) is 6.23. The van der Waals surface area contributed by atoms with Crippen molar-refractivity contribution in [2.45, 2.75) is 13.0 Å². The lowest BCUT2D eigenvalue weighted by Crippen LogP contribution is -2.30. The van der Waals surface area contributed by atoms with E-state index in [2.05, 4.69) is 15.2 Å². The second-order valence-electron chi connectivity index (χ2n) is 6.23. The van der Waals surface area contributed by atoms with Crippen LogP contribution in [-0.2, 0) is 17.7 Å². The van der Waals surface area contributed by atoms with Crippen molar-refractivity contribution in [3.8, 4) is 5.75 Å². The fourth-order valence-electron chi connectivity index (χ4n) is 3.04. The first-order chi connectivity index (χ1) is 13.2. The molecule has 0 aliphatic rings. The van der Waals surface area contributed by atoms with E-state index >= 15 is 0 Å². The summed E-state index contributed by atoms with van der Waals surface area (Å²) in [6.07, 6.45) is 2.69. The van der Waals surface area contributed by atoms with Gasteiger partial charge in [0.25, 0.3) is 0 Å². The third kappa shape index (κ3) is 4.80. The van der Waals surface area contributed by atoms with Crippen molar-refractivity contribution in [2.24, 2.45) is 0 Å². The van der Waals surface area contributed by atoms with Crippen LogP contribution in [0.5, 0.6) is 5.75 Å². The Balaban J connectivity index is 1.60. The number of amides is 2. The molecule has 3 rings (SSSR count). The molecular formula is C21H25N3O3. The molecule has 1 heterocycles. The van der Waals surface area contributed by atoms with Crippen LogP contribution in [0.2, 0.25) is 0 Å². The average molecular weight is 367 g/mol. The fraction of sp³-hybridized carbons (Fsp3) is 0.286. The van der Waals surface area contributed by atoms with Crippen LogP contribution in [0.4, 0.5) is 10.5 Å². The molecule has 0 spiro atoms. The summed E-state index contributed by atoms with van der Waals surface area (Å²) >= 11 is 0. The highest BCUT2D eigenvalue weighted by Crippen LogP contribution is 2.25. The lowest BCUT2D eigenvalue weighted by atomic mass is 10.1. The number of urea groups is 1. The van der Waals surface area contributed by atoms with Crippen molar-refractivity contribution >= 4 is 22.6 Å². The number of rotatable bonds is 8. The number of hydrogen-bond acceptors (Lipinski definition) is 3. The molecule has 3 aromatic rings. The first-order valence-electron chi connectivity index (χ1n) is 8.96. The van der Waals surface area contributed by atoms with Crippen LogP contribution in [0.3, 0.4) is 0 Å². The molecule has 6 heteroatoms. The van der Waals surface area contributed by atoms with Gasteiger partial charge in [0, 0.05) is 31.8 Å². The Bertz CT molecular complexity index is 905. The maximum atomic E-state index is 12.3. The SMILES string of the molecule is COCCn1cc(NC(=O)NCCc2cccc(OC)c2)c2ccccc21. The highest BCUT2D eigenvalue weighted by atomic mass is 16.5. The number of carbonyl (C=O) groups is 1.